The first-order valence-corrected chi connectivity index (χ1v) is 10.9. The summed E-state index contributed by atoms with van der Waals surface area (Å²) in [6, 6.07) is 6.31. The Kier molecular flexibility index (Phi) is 8.50. The Hall–Kier alpha value is -2.61. The minimum Gasteiger partial charge on any atom is -0.493 e. The van der Waals surface area contributed by atoms with E-state index in [2.05, 4.69) is 64.4 Å². The monoisotopic (exact) mass is 414 g/mol. The molecule has 2 heterocycles. The third-order valence-electron chi connectivity index (χ3n) is 5.13. The predicted octanol–water partition coefficient (Wildman–Crippen LogP) is 2.32. The third kappa shape index (κ3) is 6.45. The van der Waals surface area contributed by atoms with E-state index in [1.54, 1.807) is 6.33 Å². The quantitative estimate of drug-likeness (QED) is 0.458. The number of nitrogens with zero attached hydrogens (tertiary/aromatic N) is 4. The van der Waals surface area contributed by atoms with Crippen LogP contribution in [0.5, 0.6) is 5.75 Å². The molecule has 0 aliphatic carbocycles. The molecule has 1 saturated heterocycles. The molecule has 1 aliphatic rings. The molecule has 1 aromatic carbocycles. The number of aromatic nitrogens is 3. The molecule has 0 spiro atoms. The van der Waals surface area contributed by atoms with Gasteiger partial charge in [-0.2, -0.15) is 0 Å². The molecule has 2 aromatic rings. The topological polar surface area (TPSA) is 85.6 Å². The fourth-order valence-electron chi connectivity index (χ4n) is 3.39. The van der Waals surface area contributed by atoms with E-state index in [-0.39, 0.29) is 0 Å². The van der Waals surface area contributed by atoms with Crippen LogP contribution >= 0.6 is 0 Å². The lowest BCUT2D eigenvalue weighted by atomic mass is 10.1. The Morgan fingerprint density at radius 3 is 3.00 bits per heavy atom. The van der Waals surface area contributed by atoms with Gasteiger partial charge in [0, 0.05) is 44.1 Å². The van der Waals surface area contributed by atoms with Gasteiger partial charge in [0.05, 0.1) is 19.8 Å². The van der Waals surface area contributed by atoms with E-state index in [0.717, 1.165) is 68.8 Å². The van der Waals surface area contributed by atoms with Gasteiger partial charge in [0.15, 0.2) is 5.96 Å². The molecule has 2 N–H and O–H groups in total. The molecule has 1 atom stereocenters. The Morgan fingerprint density at radius 2 is 2.23 bits per heavy atom. The van der Waals surface area contributed by atoms with Crippen molar-refractivity contribution >= 4 is 5.96 Å². The number of nitrogens with one attached hydrogen (secondary N) is 2. The maximum atomic E-state index is 6.14. The van der Waals surface area contributed by atoms with Crippen molar-refractivity contribution in [2.75, 3.05) is 32.9 Å². The zero-order valence-electron chi connectivity index (χ0n) is 18.4. The molecule has 30 heavy (non-hydrogen) atoms. The van der Waals surface area contributed by atoms with Crippen LogP contribution in [0.25, 0.3) is 0 Å². The standard InChI is InChI=1S/C22H34N6O2/c1-4-21-27-26-16-28(21)10-9-24-22(23-5-2)25-13-19-7-6-17(3)12-20(19)30-15-18-8-11-29-14-18/h6-7,12,16,18H,4-5,8-11,13-15H2,1-3H3,(H2,23,24,25). The summed E-state index contributed by atoms with van der Waals surface area (Å²) in [6.07, 6.45) is 3.72. The number of hydrogen-bond donors (Lipinski definition) is 2. The number of benzene rings is 1. The highest BCUT2D eigenvalue weighted by atomic mass is 16.5. The van der Waals surface area contributed by atoms with Crippen LogP contribution in [0, 0.1) is 12.8 Å². The van der Waals surface area contributed by atoms with Crippen molar-refractivity contribution in [3.63, 3.8) is 0 Å². The zero-order valence-corrected chi connectivity index (χ0v) is 18.4. The molecule has 0 saturated carbocycles. The number of ether oxygens (including phenoxy) is 2. The first kappa shape index (κ1) is 22.1. The van der Waals surface area contributed by atoms with Gasteiger partial charge in [-0.25, -0.2) is 4.99 Å². The largest absolute Gasteiger partial charge is 0.493 e. The van der Waals surface area contributed by atoms with Crippen LogP contribution in [0.15, 0.2) is 29.5 Å². The fourth-order valence-corrected chi connectivity index (χ4v) is 3.39. The molecule has 1 aromatic heterocycles. The smallest absolute Gasteiger partial charge is 0.191 e. The van der Waals surface area contributed by atoms with Crippen LogP contribution in [0.1, 0.15) is 37.2 Å². The van der Waals surface area contributed by atoms with Crippen molar-refractivity contribution in [3.05, 3.63) is 41.5 Å². The average molecular weight is 415 g/mol. The molecule has 1 unspecified atom stereocenters. The summed E-state index contributed by atoms with van der Waals surface area (Å²) in [5, 5.41) is 14.8. The van der Waals surface area contributed by atoms with E-state index in [1.165, 1.54) is 5.56 Å². The van der Waals surface area contributed by atoms with Crippen LogP contribution < -0.4 is 15.4 Å². The molecule has 0 bridgehead atoms. The van der Waals surface area contributed by atoms with Crippen molar-refractivity contribution in [1.82, 2.24) is 25.4 Å². The van der Waals surface area contributed by atoms with Crippen molar-refractivity contribution < 1.29 is 9.47 Å². The van der Waals surface area contributed by atoms with Crippen LogP contribution in [0.4, 0.5) is 0 Å². The molecule has 0 radical (unpaired) electrons. The summed E-state index contributed by atoms with van der Waals surface area (Å²) in [6.45, 7) is 11.5. The molecule has 8 heteroatoms. The normalized spacial score (nSPS) is 16.6. The Labute approximate surface area is 179 Å². The van der Waals surface area contributed by atoms with E-state index >= 15 is 0 Å². The second-order valence-electron chi connectivity index (χ2n) is 7.57. The summed E-state index contributed by atoms with van der Waals surface area (Å²) >= 11 is 0. The molecular formula is C22H34N6O2. The van der Waals surface area contributed by atoms with Crippen LogP contribution in [0.2, 0.25) is 0 Å². The van der Waals surface area contributed by atoms with Gasteiger partial charge < -0.3 is 24.7 Å². The second kappa shape index (κ2) is 11.5. The lowest BCUT2D eigenvalue weighted by molar-refractivity contribution is 0.166. The molecule has 8 nitrogen and oxygen atoms in total. The van der Waals surface area contributed by atoms with Crippen molar-refractivity contribution in [3.8, 4) is 5.75 Å². The minimum absolute atomic E-state index is 0.478. The molecular weight excluding hydrogens is 380 g/mol. The van der Waals surface area contributed by atoms with Gasteiger partial charge in [-0.15, -0.1) is 10.2 Å². The highest BCUT2D eigenvalue weighted by molar-refractivity contribution is 5.79. The van der Waals surface area contributed by atoms with Crippen molar-refractivity contribution in [1.29, 1.82) is 0 Å². The second-order valence-corrected chi connectivity index (χ2v) is 7.57. The predicted molar refractivity (Wildman–Crippen MR) is 118 cm³/mol. The Bertz CT molecular complexity index is 814. The third-order valence-corrected chi connectivity index (χ3v) is 5.13. The van der Waals surface area contributed by atoms with Crippen LogP contribution in [-0.2, 0) is 24.2 Å². The van der Waals surface area contributed by atoms with Crippen molar-refractivity contribution in [2.45, 2.75) is 46.7 Å². The Morgan fingerprint density at radius 1 is 1.33 bits per heavy atom. The van der Waals surface area contributed by atoms with Crippen LogP contribution in [-0.4, -0.2) is 53.6 Å². The Balaban J connectivity index is 1.58. The number of aryl methyl sites for hydroxylation is 2. The highest BCUT2D eigenvalue weighted by Gasteiger charge is 2.17. The van der Waals surface area contributed by atoms with Gasteiger partial charge >= 0.3 is 0 Å². The van der Waals surface area contributed by atoms with E-state index in [0.29, 0.717) is 19.1 Å². The maximum Gasteiger partial charge on any atom is 0.191 e. The molecule has 1 aliphatic heterocycles. The van der Waals surface area contributed by atoms with Gasteiger partial charge in [0.25, 0.3) is 0 Å². The number of aliphatic imine (C=N–C) groups is 1. The van der Waals surface area contributed by atoms with E-state index in [1.807, 2.05) is 0 Å². The van der Waals surface area contributed by atoms with E-state index in [4.69, 9.17) is 14.5 Å². The summed E-state index contributed by atoms with van der Waals surface area (Å²) in [4.78, 5) is 4.76. The van der Waals surface area contributed by atoms with Crippen molar-refractivity contribution in [2.24, 2.45) is 10.9 Å². The van der Waals surface area contributed by atoms with Gasteiger partial charge in [-0.3, -0.25) is 0 Å². The summed E-state index contributed by atoms with van der Waals surface area (Å²) in [7, 11) is 0. The van der Waals surface area contributed by atoms with Gasteiger partial charge in [0.2, 0.25) is 0 Å². The van der Waals surface area contributed by atoms with Gasteiger partial charge in [-0.05, 0) is 31.9 Å². The highest BCUT2D eigenvalue weighted by Crippen LogP contribution is 2.23. The van der Waals surface area contributed by atoms with Crippen LogP contribution in [0.3, 0.4) is 0 Å². The number of hydrogen-bond acceptors (Lipinski definition) is 5. The van der Waals surface area contributed by atoms with Gasteiger partial charge in [0.1, 0.15) is 17.9 Å². The SMILES string of the molecule is CCNC(=NCc1ccc(C)cc1OCC1CCOC1)NCCn1cnnc1CC. The van der Waals surface area contributed by atoms with E-state index in [9.17, 15) is 0 Å². The molecule has 1 fully saturated rings. The maximum absolute atomic E-state index is 6.14. The molecule has 3 rings (SSSR count). The molecule has 164 valence electrons. The minimum atomic E-state index is 0.478. The average Bonchev–Trinajstić information content (AvgIpc) is 3.43. The lowest BCUT2D eigenvalue weighted by Gasteiger charge is -2.15. The fraction of sp³-hybridized carbons (Fsp3) is 0.591. The lowest BCUT2D eigenvalue weighted by Crippen LogP contribution is -2.39. The first-order chi connectivity index (χ1) is 14.7. The molecule has 0 amide bonds. The first-order valence-electron chi connectivity index (χ1n) is 10.9. The number of rotatable bonds is 10. The van der Waals surface area contributed by atoms with Gasteiger partial charge in [-0.1, -0.05) is 19.1 Å². The number of guanidine groups is 1. The summed E-state index contributed by atoms with van der Waals surface area (Å²) in [5.74, 6) is 3.18. The summed E-state index contributed by atoms with van der Waals surface area (Å²) in [5.41, 5.74) is 2.27. The summed E-state index contributed by atoms with van der Waals surface area (Å²) < 4.78 is 13.7. The van der Waals surface area contributed by atoms with E-state index < -0.39 is 0 Å². The zero-order chi connectivity index (χ0) is 21.2.